The lowest BCUT2D eigenvalue weighted by Gasteiger charge is -2.37. The molecule has 36 heavy (non-hydrogen) atoms. The second kappa shape index (κ2) is 9.99. The summed E-state index contributed by atoms with van der Waals surface area (Å²) in [4.78, 5) is 11.7. The Morgan fingerprint density at radius 3 is 2.42 bits per heavy atom. The summed E-state index contributed by atoms with van der Waals surface area (Å²) in [5, 5.41) is 21.3. The monoisotopic (exact) mass is 482 g/mol. The highest BCUT2D eigenvalue weighted by molar-refractivity contribution is 5.93. The van der Waals surface area contributed by atoms with E-state index in [9.17, 15) is 5.11 Å². The number of allylic oxidation sites excluding steroid dienone is 4. The number of benzene rings is 1. The molecule has 1 aliphatic carbocycles. The van der Waals surface area contributed by atoms with Gasteiger partial charge in [-0.25, -0.2) is 4.98 Å². The fourth-order valence-electron chi connectivity index (χ4n) is 5.38. The van der Waals surface area contributed by atoms with Crippen LogP contribution in [0.2, 0.25) is 0 Å². The van der Waals surface area contributed by atoms with Gasteiger partial charge in [0.25, 0.3) is 0 Å². The van der Waals surface area contributed by atoms with Crippen LogP contribution in [0.3, 0.4) is 0 Å². The first kappa shape index (κ1) is 23.1. The number of nitrogens with zero attached hydrogens (tertiary/aromatic N) is 6. The Balaban J connectivity index is 1.13. The van der Waals surface area contributed by atoms with Crippen LogP contribution in [-0.4, -0.2) is 70.6 Å². The molecule has 186 valence electrons. The SMILES string of the molecule is CC1C=CC(Cc2nnc(N3CCN(c4ccc(CN5CC(O)C5)cn4)CC3)c3ccccc23)=CC1. The van der Waals surface area contributed by atoms with Gasteiger partial charge in [-0.05, 0) is 29.5 Å². The molecule has 4 heterocycles. The third kappa shape index (κ3) is 4.86. The van der Waals surface area contributed by atoms with Crippen molar-refractivity contribution in [3.63, 3.8) is 0 Å². The van der Waals surface area contributed by atoms with Gasteiger partial charge in [0.1, 0.15) is 5.82 Å². The van der Waals surface area contributed by atoms with Gasteiger partial charge < -0.3 is 14.9 Å². The third-order valence-electron chi connectivity index (χ3n) is 7.56. The van der Waals surface area contributed by atoms with Gasteiger partial charge in [0.15, 0.2) is 5.82 Å². The lowest BCUT2D eigenvalue weighted by Crippen LogP contribution is -2.49. The molecular formula is C29H34N6O. The number of rotatable bonds is 6. The number of piperazine rings is 1. The van der Waals surface area contributed by atoms with Crippen molar-refractivity contribution in [1.82, 2.24) is 20.1 Å². The van der Waals surface area contributed by atoms with E-state index < -0.39 is 0 Å². The molecule has 1 atom stereocenters. The molecule has 1 aromatic carbocycles. The highest BCUT2D eigenvalue weighted by Crippen LogP contribution is 2.29. The maximum absolute atomic E-state index is 9.48. The quantitative estimate of drug-likeness (QED) is 0.576. The Kier molecular flexibility index (Phi) is 6.42. The number of aliphatic hydroxyl groups is 1. The largest absolute Gasteiger partial charge is 0.390 e. The van der Waals surface area contributed by atoms with Crippen molar-refractivity contribution in [1.29, 1.82) is 0 Å². The van der Waals surface area contributed by atoms with Crippen LogP contribution in [0.5, 0.6) is 0 Å². The van der Waals surface area contributed by atoms with Crippen LogP contribution in [-0.2, 0) is 13.0 Å². The molecule has 7 heteroatoms. The molecule has 0 radical (unpaired) electrons. The van der Waals surface area contributed by atoms with Crippen molar-refractivity contribution in [2.45, 2.75) is 32.4 Å². The lowest BCUT2D eigenvalue weighted by molar-refractivity contribution is -0.00291. The van der Waals surface area contributed by atoms with E-state index in [-0.39, 0.29) is 6.10 Å². The van der Waals surface area contributed by atoms with E-state index in [0.717, 1.165) is 76.0 Å². The standard InChI is InChI=1S/C29H34N6O/c1-21-6-8-22(9-7-21)16-27-25-4-2-3-5-26(25)29(32-31-27)35-14-12-34(13-15-35)28-11-10-23(17-30-28)18-33-19-24(36)20-33/h2-6,8-11,17,21,24,36H,7,12-16,18-20H2,1H3. The predicted octanol–water partition coefficient (Wildman–Crippen LogP) is 3.59. The Morgan fingerprint density at radius 2 is 1.72 bits per heavy atom. The van der Waals surface area contributed by atoms with Crippen LogP contribution in [0.15, 0.2) is 66.4 Å². The number of pyridine rings is 1. The van der Waals surface area contributed by atoms with E-state index in [1.807, 2.05) is 6.20 Å². The summed E-state index contributed by atoms with van der Waals surface area (Å²) in [6.07, 6.45) is 10.6. The van der Waals surface area contributed by atoms with Crippen molar-refractivity contribution in [2.24, 2.45) is 5.92 Å². The Labute approximate surface area is 212 Å². The molecule has 2 fully saturated rings. The number of hydrogen-bond acceptors (Lipinski definition) is 7. The molecule has 6 rings (SSSR count). The molecule has 7 nitrogen and oxygen atoms in total. The zero-order chi connectivity index (χ0) is 24.5. The van der Waals surface area contributed by atoms with Crippen LogP contribution in [0, 0.1) is 5.92 Å². The number of fused-ring (bicyclic) bond motifs is 1. The highest BCUT2D eigenvalue weighted by Gasteiger charge is 2.25. The first-order valence-corrected chi connectivity index (χ1v) is 13.1. The molecule has 2 aliphatic heterocycles. The van der Waals surface area contributed by atoms with Crippen LogP contribution in [0.4, 0.5) is 11.6 Å². The first-order chi connectivity index (χ1) is 17.6. The molecule has 3 aromatic rings. The lowest BCUT2D eigenvalue weighted by atomic mass is 9.95. The van der Waals surface area contributed by atoms with E-state index in [1.54, 1.807) is 0 Å². The number of anilines is 2. The summed E-state index contributed by atoms with van der Waals surface area (Å²) >= 11 is 0. The minimum Gasteiger partial charge on any atom is -0.390 e. The maximum Gasteiger partial charge on any atom is 0.159 e. The minimum atomic E-state index is -0.165. The van der Waals surface area contributed by atoms with Gasteiger partial charge in [-0.2, -0.15) is 5.10 Å². The Morgan fingerprint density at radius 1 is 0.944 bits per heavy atom. The molecule has 0 amide bonds. The summed E-state index contributed by atoms with van der Waals surface area (Å²) in [7, 11) is 0. The topological polar surface area (TPSA) is 68.6 Å². The van der Waals surface area contributed by atoms with Gasteiger partial charge in [0.2, 0.25) is 0 Å². The van der Waals surface area contributed by atoms with Gasteiger partial charge in [0, 0.05) is 69.2 Å². The van der Waals surface area contributed by atoms with Crippen LogP contribution >= 0.6 is 0 Å². The predicted molar refractivity (Wildman–Crippen MR) is 144 cm³/mol. The summed E-state index contributed by atoms with van der Waals surface area (Å²) in [5.74, 6) is 2.62. The third-order valence-corrected chi connectivity index (χ3v) is 7.56. The first-order valence-electron chi connectivity index (χ1n) is 13.1. The van der Waals surface area contributed by atoms with E-state index in [1.165, 1.54) is 21.9 Å². The average Bonchev–Trinajstić information content (AvgIpc) is 2.90. The molecule has 0 saturated carbocycles. The van der Waals surface area contributed by atoms with E-state index in [0.29, 0.717) is 5.92 Å². The average molecular weight is 483 g/mol. The molecule has 3 aliphatic rings. The highest BCUT2D eigenvalue weighted by atomic mass is 16.3. The van der Waals surface area contributed by atoms with E-state index in [2.05, 4.69) is 76.2 Å². The van der Waals surface area contributed by atoms with Crippen molar-refractivity contribution < 1.29 is 5.11 Å². The fraction of sp³-hybridized carbons (Fsp3) is 0.414. The van der Waals surface area contributed by atoms with Gasteiger partial charge in [-0.3, -0.25) is 4.90 Å². The number of hydrogen-bond donors (Lipinski definition) is 1. The summed E-state index contributed by atoms with van der Waals surface area (Å²) in [5.41, 5.74) is 3.57. The van der Waals surface area contributed by atoms with Gasteiger partial charge in [-0.15, -0.1) is 5.10 Å². The number of aliphatic hydroxyl groups excluding tert-OH is 1. The van der Waals surface area contributed by atoms with Gasteiger partial charge >= 0.3 is 0 Å². The van der Waals surface area contributed by atoms with E-state index >= 15 is 0 Å². The van der Waals surface area contributed by atoms with Crippen molar-refractivity contribution in [3.8, 4) is 0 Å². The summed E-state index contributed by atoms with van der Waals surface area (Å²) in [6, 6.07) is 12.8. The van der Waals surface area contributed by atoms with Crippen LogP contribution in [0.25, 0.3) is 10.8 Å². The van der Waals surface area contributed by atoms with Crippen molar-refractivity contribution in [2.75, 3.05) is 49.1 Å². The molecule has 0 spiro atoms. The minimum absolute atomic E-state index is 0.165. The number of β-amino-alcohol motifs (C(OH)–C–C–N with tert-alkyl or cyclic N) is 1. The van der Waals surface area contributed by atoms with Crippen LogP contribution in [0.1, 0.15) is 24.6 Å². The summed E-state index contributed by atoms with van der Waals surface area (Å²) < 4.78 is 0. The Bertz CT molecular complexity index is 1270. The smallest absolute Gasteiger partial charge is 0.159 e. The van der Waals surface area contributed by atoms with E-state index in [4.69, 9.17) is 15.2 Å². The Hall–Kier alpha value is -3.29. The normalized spacial score (nSPS) is 21.1. The second-order valence-electron chi connectivity index (χ2n) is 10.4. The van der Waals surface area contributed by atoms with Crippen LogP contribution < -0.4 is 9.80 Å². The molecule has 0 bridgehead atoms. The van der Waals surface area contributed by atoms with Gasteiger partial charge in [-0.1, -0.05) is 55.5 Å². The van der Waals surface area contributed by atoms with Gasteiger partial charge in [0.05, 0.1) is 11.8 Å². The zero-order valence-electron chi connectivity index (χ0n) is 20.9. The molecule has 1 unspecified atom stereocenters. The molecule has 1 N–H and O–H groups in total. The molecular weight excluding hydrogens is 448 g/mol. The maximum atomic E-state index is 9.48. The zero-order valence-corrected chi connectivity index (χ0v) is 20.9. The molecule has 2 saturated heterocycles. The number of aromatic nitrogens is 3. The fourth-order valence-corrected chi connectivity index (χ4v) is 5.38. The second-order valence-corrected chi connectivity index (χ2v) is 10.4. The van der Waals surface area contributed by atoms with Crippen molar-refractivity contribution >= 4 is 22.4 Å². The number of likely N-dealkylation sites (tertiary alicyclic amines) is 1. The van der Waals surface area contributed by atoms with Crippen molar-refractivity contribution in [3.05, 3.63) is 77.7 Å². The summed E-state index contributed by atoms with van der Waals surface area (Å²) in [6.45, 7) is 8.20. The molecule has 2 aromatic heterocycles.